The number of aromatic nitrogens is 4. The van der Waals surface area contributed by atoms with Crippen LogP contribution in [0.15, 0.2) is 228 Å². The summed E-state index contributed by atoms with van der Waals surface area (Å²) < 4.78 is 28.8. The Kier molecular flexibility index (Phi) is 13.5. The fraction of sp³-hybridized carbons (Fsp3) is 0.121. The van der Waals surface area contributed by atoms with E-state index in [2.05, 4.69) is 126 Å². The van der Waals surface area contributed by atoms with Crippen molar-refractivity contribution in [1.29, 1.82) is 0 Å². The van der Waals surface area contributed by atoms with Crippen LogP contribution < -0.4 is 10.6 Å². The average molecular weight is 1040 g/mol. The Morgan fingerprint density at radius 1 is 0.532 bits per heavy atom. The third-order valence-corrected chi connectivity index (χ3v) is 14.8. The number of hydrogen-bond donors (Lipinski definition) is 2. The minimum Gasteiger partial charge on any atom is -0.344 e. The van der Waals surface area contributed by atoms with E-state index in [1.807, 2.05) is 62.4 Å². The van der Waals surface area contributed by atoms with Crippen LogP contribution in [0.5, 0.6) is 0 Å². The van der Waals surface area contributed by atoms with Gasteiger partial charge in [-0.25, -0.2) is 23.4 Å². The zero-order valence-corrected chi connectivity index (χ0v) is 43.2. The smallest absolute Gasteiger partial charge is 0.266 e. The van der Waals surface area contributed by atoms with Gasteiger partial charge in [-0.3, -0.25) is 24.5 Å². The molecule has 0 aliphatic carbocycles. The van der Waals surface area contributed by atoms with Crippen molar-refractivity contribution in [2.75, 3.05) is 0 Å². The van der Waals surface area contributed by atoms with E-state index in [9.17, 15) is 18.4 Å². The number of carbonyl (C=O) groups is 2. The Morgan fingerprint density at radius 3 is 1.48 bits per heavy atom. The van der Waals surface area contributed by atoms with Crippen LogP contribution in [-0.2, 0) is 34.5 Å². The molecule has 0 unspecified atom stereocenters. The fourth-order valence-corrected chi connectivity index (χ4v) is 10.8. The average Bonchev–Trinajstić information content (AvgIpc) is 4.47. The van der Waals surface area contributed by atoms with Gasteiger partial charge in [-0.15, -0.1) is 0 Å². The summed E-state index contributed by atoms with van der Waals surface area (Å²) in [6.07, 6.45) is 7.93. The molecule has 0 spiro atoms. The minimum absolute atomic E-state index is 0.203. The molecule has 13 rings (SSSR count). The molecule has 3 aliphatic rings. The Balaban J connectivity index is 0.000000177. The first-order valence-electron chi connectivity index (χ1n) is 26.1. The second-order valence-electron chi connectivity index (χ2n) is 19.8. The summed E-state index contributed by atoms with van der Waals surface area (Å²) in [5, 5.41) is 12.4. The molecule has 7 aromatic carbocycles. The summed E-state index contributed by atoms with van der Waals surface area (Å²) in [5.74, 6) is -1.06. The van der Waals surface area contributed by atoms with Crippen molar-refractivity contribution in [3.63, 3.8) is 0 Å². The maximum Gasteiger partial charge on any atom is 0.266 e. The van der Waals surface area contributed by atoms with Gasteiger partial charge in [0, 0.05) is 59.7 Å². The standard InChI is InChI=1S/C42H32FN5O.C24H19FN4O/c1-28(29-17-19-35(43)20-18-29)45-41(49)38-25-31-26-39-36(27-37(31)46-38)40(30-21-23-44-24-22-30)47-48(39)42(32-11-5-2-6-12-32,33-13-7-3-8-14-33)34-15-9-4-10-16-34;1-14(15-2-4-19(25)5-3-15)28-24(30)22-11-17-10-18-13-27-23(16-6-8-26-9-7-16)20(18)12-21(17)29-22/h2-24,26-28H,25H2,1H3,(H,45,49);2-10,12,14H,11,13H2,1H3,(H,28,30)/t28-;14-/m11/s1. The monoisotopic (exact) mass is 1040 g/mol. The molecule has 2 N–H and O–H groups in total. The summed E-state index contributed by atoms with van der Waals surface area (Å²) in [5.41, 5.74) is 15.3. The first-order chi connectivity index (χ1) is 38.6. The van der Waals surface area contributed by atoms with Crippen molar-refractivity contribution in [2.45, 2.75) is 50.9 Å². The third-order valence-electron chi connectivity index (χ3n) is 14.8. The lowest BCUT2D eigenvalue weighted by Gasteiger charge is -2.37. The largest absolute Gasteiger partial charge is 0.344 e. The molecule has 386 valence electrons. The molecule has 2 amide bonds. The Morgan fingerprint density at radius 2 is 0.987 bits per heavy atom. The van der Waals surface area contributed by atoms with Crippen LogP contribution in [0.25, 0.3) is 22.2 Å². The van der Waals surface area contributed by atoms with Crippen molar-refractivity contribution in [3.05, 3.63) is 280 Å². The Bertz CT molecular complexity index is 3900. The Hall–Kier alpha value is -9.88. The first-order valence-corrected chi connectivity index (χ1v) is 26.1. The minimum atomic E-state index is -0.841. The van der Waals surface area contributed by atoms with E-state index in [-0.39, 0.29) is 35.5 Å². The predicted molar refractivity (Wildman–Crippen MR) is 305 cm³/mol. The molecular weight excluding hydrogens is 989 g/mol. The highest BCUT2D eigenvalue weighted by Gasteiger charge is 2.41. The van der Waals surface area contributed by atoms with Crippen LogP contribution in [0.2, 0.25) is 0 Å². The molecule has 0 bridgehead atoms. The zero-order valence-electron chi connectivity index (χ0n) is 43.2. The lowest BCUT2D eigenvalue weighted by atomic mass is 9.77. The fourth-order valence-electron chi connectivity index (χ4n) is 10.8. The molecule has 3 aromatic heterocycles. The van der Waals surface area contributed by atoms with Gasteiger partial charge in [-0.1, -0.05) is 121 Å². The topological polar surface area (TPSA) is 139 Å². The van der Waals surface area contributed by atoms with E-state index in [4.69, 9.17) is 10.1 Å². The molecule has 3 aliphatic heterocycles. The SMILES string of the molecule is C[C@@H](NC(=O)C1=Nc2cc3c(-c4ccncc4)nn(C(c4ccccc4)(c4ccccc4)c4ccccc4)c3cc2C1)c1ccc(F)cc1.C[C@@H](NC(=O)C1=Nc2cc3c(cc2C1)CN=C3c1ccncc1)c1ccc(F)cc1. The van der Waals surface area contributed by atoms with E-state index in [0.29, 0.717) is 30.8 Å². The summed E-state index contributed by atoms with van der Waals surface area (Å²) in [4.78, 5) is 48.7. The van der Waals surface area contributed by atoms with Crippen molar-refractivity contribution < 1.29 is 18.4 Å². The van der Waals surface area contributed by atoms with Gasteiger partial charge in [0.1, 0.15) is 34.3 Å². The molecule has 79 heavy (non-hydrogen) atoms. The molecule has 0 saturated carbocycles. The second-order valence-corrected chi connectivity index (χ2v) is 19.8. The van der Waals surface area contributed by atoms with Gasteiger partial charge >= 0.3 is 0 Å². The van der Waals surface area contributed by atoms with E-state index in [1.54, 1.807) is 49.1 Å². The zero-order chi connectivity index (χ0) is 54.0. The van der Waals surface area contributed by atoms with Crippen LogP contribution in [0.4, 0.5) is 20.2 Å². The Labute approximate surface area is 455 Å². The quantitative estimate of drug-likeness (QED) is 0.117. The highest BCUT2D eigenvalue weighted by atomic mass is 19.1. The van der Waals surface area contributed by atoms with E-state index in [0.717, 1.165) is 94.9 Å². The summed E-state index contributed by atoms with van der Waals surface area (Å²) in [6.45, 7) is 4.39. The number of aliphatic imine (C=N–C) groups is 3. The van der Waals surface area contributed by atoms with Gasteiger partial charge < -0.3 is 10.6 Å². The van der Waals surface area contributed by atoms with Gasteiger partial charge in [0.15, 0.2) is 0 Å². The lowest BCUT2D eigenvalue weighted by Crippen LogP contribution is -2.38. The summed E-state index contributed by atoms with van der Waals surface area (Å²) in [7, 11) is 0. The van der Waals surface area contributed by atoms with Gasteiger partial charge in [0.05, 0.1) is 41.2 Å². The number of amides is 2. The summed E-state index contributed by atoms with van der Waals surface area (Å²) in [6, 6.07) is 59.3. The predicted octanol–water partition coefficient (Wildman–Crippen LogP) is 12.7. The molecule has 0 fully saturated rings. The first kappa shape index (κ1) is 50.0. The second kappa shape index (κ2) is 21.3. The number of halogens is 2. The van der Waals surface area contributed by atoms with Crippen LogP contribution >= 0.6 is 0 Å². The van der Waals surface area contributed by atoms with Crippen LogP contribution in [0.1, 0.15) is 81.6 Å². The van der Waals surface area contributed by atoms with Gasteiger partial charge in [-0.2, -0.15) is 5.10 Å². The number of hydrogen-bond acceptors (Lipinski definition) is 8. The molecule has 0 saturated heterocycles. The van der Waals surface area contributed by atoms with E-state index < -0.39 is 5.54 Å². The number of benzene rings is 7. The molecular formula is C66H51F2N9O2. The molecule has 13 heteroatoms. The molecule has 6 heterocycles. The maximum absolute atomic E-state index is 13.5. The van der Waals surface area contributed by atoms with Crippen molar-refractivity contribution in [3.8, 4) is 11.3 Å². The van der Waals surface area contributed by atoms with Crippen LogP contribution in [0.3, 0.4) is 0 Å². The lowest BCUT2D eigenvalue weighted by molar-refractivity contribution is -0.116. The van der Waals surface area contributed by atoms with Crippen molar-refractivity contribution in [1.82, 2.24) is 30.4 Å². The van der Waals surface area contributed by atoms with Crippen molar-refractivity contribution >= 4 is 51.2 Å². The number of fused-ring (bicyclic) bond motifs is 4. The van der Waals surface area contributed by atoms with Crippen LogP contribution in [0, 0.1) is 11.6 Å². The molecule has 2 atom stereocenters. The number of nitrogens with zero attached hydrogens (tertiary/aromatic N) is 7. The summed E-state index contributed by atoms with van der Waals surface area (Å²) >= 11 is 0. The number of carbonyl (C=O) groups excluding carboxylic acids is 2. The molecule has 10 aromatic rings. The third kappa shape index (κ3) is 9.71. The number of pyridine rings is 2. The molecule has 11 nitrogen and oxygen atoms in total. The normalized spacial score (nSPS) is 13.9. The van der Waals surface area contributed by atoms with Gasteiger partial charge in [0.2, 0.25) is 0 Å². The van der Waals surface area contributed by atoms with Gasteiger partial charge in [0.25, 0.3) is 11.8 Å². The van der Waals surface area contributed by atoms with E-state index >= 15 is 0 Å². The van der Waals surface area contributed by atoms with Gasteiger partial charge in [-0.05, 0) is 125 Å². The highest BCUT2D eigenvalue weighted by Crippen LogP contribution is 2.46. The number of rotatable bonds is 12. The van der Waals surface area contributed by atoms with Crippen LogP contribution in [-0.4, -0.2) is 48.7 Å². The van der Waals surface area contributed by atoms with E-state index in [1.165, 1.54) is 24.3 Å². The maximum atomic E-state index is 13.5. The van der Waals surface area contributed by atoms with Crippen molar-refractivity contribution in [2.24, 2.45) is 15.0 Å². The molecule has 0 radical (unpaired) electrons. The number of nitrogens with one attached hydrogen (secondary N) is 2. The highest BCUT2D eigenvalue weighted by molar-refractivity contribution is 6.41.